The van der Waals surface area contributed by atoms with Gasteiger partial charge in [-0.2, -0.15) is 5.10 Å². The molecule has 6 heteroatoms. The van der Waals surface area contributed by atoms with Gasteiger partial charge in [0, 0.05) is 25.7 Å². The molecular weight excluding hydrogens is 328 g/mol. The van der Waals surface area contributed by atoms with Gasteiger partial charge in [0.1, 0.15) is 0 Å². The first kappa shape index (κ1) is 18.2. The van der Waals surface area contributed by atoms with E-state index in [0.29, 0.717) is 19.6 Å². The summed E-state index contributed by atoms with van der Waals surface area (Å²) in [6, 6.07) is 11.4. The maximum Gasteiger partial charge on any atom is 0.269 e. The highest BCUT2D eigenvalue weighted by Crippen LogP contribution is 2.21. The zero-order chi connectivity index (χ0) is 18.4. The lowest BCUT2D eigenvalue weighted by Gasteiger charge is -2.33. The molecule has 1 saturated heterocycles. The third-order valence-electron chi connectivity index (χ3n) is 4.74. The fourth-order valence-corrected chi connectivity index (χ4v) is 3.29. The summed E-state index contributed by atoms with van der Waals surface area (Å²) < 4.78 is 1.47. The molecular formula is C20H26N4O2. The molecule has 0 bridgehead atoms. The molecule has 1 atom stereocenters. The van der Waals surface area contributed by atoms with Crippen molar-refractivity contribution in [2.75, 3.05) is 24.5 Å². The SMILES string of the molecule is CCCNC(=O)C1CCCN(c2cnn(Cc3ccccc3)c(=O)c2)C1. The summed E-state index contributed by atoms with van der Waals surface area (Å²) in [7, 11) is 0. The van der Waals surface area contributed by atoms with Gasteiger partial charge in [-0.25, -0.2) is 4.68 Å². The third kappa shape index (κ3) is 4.50. The molecule has 2 aromatic rings. The summed E-state index contributed by atoms with van der Waals surface area (Å²) >= 11 is 0. The molecule has 1 amide bonds. The van der Waals surface area contributed by atoms with Crippen molar-refractivity contribution in [3.8, 4) is 0 Å². The first-order valence-corrected chi connectivity index (χ1v) is 9.31. The fraction of sp³-hybridized carbons (Fsp3) is 0.450. The quantitative estimate of drug-likeness (QED) is 0.862. The smallest absolute Gasteiger partial charge is 0.269 e. The predicted octanol–water partition coefficient (Wildman–Crippen LogP) is 2.03. The summed E-state index contributed by atoms with van der Waals surface area (Å²) in [5, 5.41) is 7.30. The Balaban J connectivity index is 1.68. The van der Waals surface area contributed by atoms with Crippen LogP contribution in [0.4, 0.5) is 5.69 Å². The second-order valence-electron chi connectivity index (χ2n) is 6.77. The number of hydrogen-bond donors (Lipinski definition) is 1. The Labute approximate surface area is 153 Å². The number of hydrogen-bond acceptors (Lipinski definition) is 4. The van der Waals surface area contributed by atoms with Crippen LogP contribution in [0.15, 0.2) is 47.4 Å². The molecule has 1 aromatic heterocycles. The van der Waals surface area contributed by atoms with Crippen LogP contribution in [0, 0.1) is 5.92 Å². The average molecular weight is 354 g/mol. The fourth-order valence-electron chi connectivity index (χ4n) is 3.29. The Hall–Kier alpha value is -2.63. The van der Waals surface area contributed by atoms with Crippen molar-refractivity contribution in [1.29, 1.82) is 0 Å². The Kier molecular flexibility index (Phi) is 6.04. The van der Waals surface area contributed by atoms with Gasteiger partial charge in [0.25, 0.3) is 5.56 Å². The van der Waals surface area contributed by atoms with Gasteiger partial charge in [-0.15, -0.1) is 0 Å². The molecule has 0 spiro atoms. The summed E-state index contributed by atoms with van der Waals surface area (Å²) in [4.78, 5) is 26.8. The number of nitrogens with zero attached hydrogens (tertiary/aromatic N) is 3. The van der Waals surface area contributed by atoms with Crippen LogP contribution in [0.1, 0.15) is 31.7 Å². The van der Waals surface area contributed by atoms with Crippen LogP contribution in [0.3, 0.4) is 0 Å². The molecule has 6 nitrogen and oxygen atoms in total. The normalized spacial score (nSPS) is 17.1. The van der Waals surface area contributed by atoms with Crippen LogP contribution in [0.25, 0.3) is 0 Å². The zero-order valence-electron chi connectivity index (χ0n) is 15.2. The van der Waals surface area contributed by atoms with Crippen LogP contribution in [-0.2, 0) is 11.3 Å². The van der Waals surface area contributed by atoms with Crippen LogP contribution in [0.2, 0.25) is 0 Å². The van der Waals surface area contributed by atoms with Crippen LogP contribution >= 0.6 is 0 Å². The molecule has 1 aliphatic rings. The lowest BCUT2D eigenvalue weighted by atomic mass is 9.97. The van der Waals surface area contributed by atoms with Gasteiger partial charge in [0.05, 0.1) is 24.3 Å². The second-order valence-corrected chi connectivity index (χ2v) is 6.77. The van der Waals surface area contributed by atoms with Crippen molar-refractivity contribution in [1.82, 2.24) is 15.1 Å². The van der Waals surface area contributed by atoms with Crippen LogP contribution in [-0.4, -0.2) is 35.3 Å². The molecule has 26 heavy (non-hydrogen) atoms. The van der Waals surface area contributed by atoms with Gasteiger partial charge in [-0.3, -0.25) is 9.59 Å². The van der Waals surface area contributed by atoms with E-state index in [0.717, 1.165) is 37.1 Å². The highest BCUT2D eigenvalue weighted by molar-refractivity contribution is 5.79. The molecule has 1 aliphatic heterocycles. The van der Waals surface area contributed by atoms with Crippen molar-refractivity contribution < 1.29 is 4.79 Å². The lowest BCUT2D eigenvalue weighted by Crippen LogP contribution is -2.43. The van der Waals surface area contributed by atoms with Crippen LogP contribution in [0.5, 0.6) is 0 Å². The van der Waals surface area contributed by atoms with Crippen molar-refractivity contribution in [3.63, 3.8) is 0 Å². The summed E-state index contributed by atoms with van der Waals surface area (Å²) in [6.07, 6.45) is 4.50. The summed E-state index contributed by atoms with van der Waals surface area (Å²) in [6.45, 7) is 4.71. The van der Waals surface area contributed by atoms with Gasteiger partial charge < -0.3 is 10.2 Å². The number of benzene rings is 1. The zero-order valence-corrected chi connectivity index (χ0v) is 15.2. The lowest BCUT2D eigenvalue weighted by molar-refractivity contribution is -0.125. The van der Waals surface area contributed by atoms with Gasteiger partial charge in [-0.05, 0) is 24.8 Å². The van der Waals surface area contributed by atoms with Crippen molar-refractivity contribution in [2.45, 2.75) is 32.7 Å². The molecule has 1 unspecified atom stereocenters. The molecule has 0 aliphatic carbocycles. The highest BCUT2D eigenvalue weighted by Gasteiger charge is 2.26. The van der Waals surface area contributed by atoms with Crippen molar-refractivity contribution in [2.24, 2.45) is 5.92 Å². The third-order valence-corrected chi connectivity index (χ3v) is 4.74. The Morgan fingerprint density at radius 3 is 2.85 bits per heavy atom. The molecule has 0 radical (unpaired) electrons. The standard InChI is InChI=1S/C20H26N4O2/c1-2-10-21-20(26)17-9-6-11-23(15-17)18-12-19(25)24(22-13-18)14-16-7-4-3-5-8-16/h3-5,7-8,12-13,17H,2,6,9-11,14-15H2,1H3,(H,21,26). The first-order valence-electron chi connectivity index (χ1n) is 9.31. The Bertz CT molecular complexity index is 788. The molecule has 1 fully saturated rings. The minimum atomic E-state index is -0.121. The number of nitrogens with one attached hydrogen (secondary N) is 1. The van der Waals surface area contributed by atoms with E-state index in [1.807, 2.05) is 37.3 Å². The maximum atomic E-state index is 12.4. The van der Waals surface area contributed by atoms with E-state index in [9.17, 15) is 9.59 Å². The van der Waals surface area contributed by atoms with E-state index in [1.165, 1.54) is 4.68 Å². The van der Waals surface area contributed by atoms with Crippen molar-refractivity contribution >= 4 is 11.6 Å². The second kappa shape index (κ2) is 8.65. The maximum absolute atomic E-state index is 12.4. The number of rotatable bonds is 6. The van der Waals surface area contributed by atoms with Crippen LogP contribution < -0.4 is 15.8 Å². The van der Waals surface area contributed by atoms with E-state index in [2.05, 4.69) is 15.3 Å². The van der Waals surface area contributed by atoms with E-state index < -0.39 is 0 Å². The van der Waals surface area contributed by atoms with Crippen molar-refractivity contribution in [3.05, 3.63) is 58.5 Å². The molecule has 3 rings (SSSR count). The minimum Gasteiger partial charge on any atom is -0.369 e. The number of piperidine rings is 1. The van der Waals surface area contributed by atoms with Gasteiger partial charge in [-0.1, -0.05) is 37.3 Å². The summed E-state index contributed by atoms with van der Waals surface area (Å²) in [5.74, 6) is 0.0870. The molecule has 2 heterocycles. The number of carbonyl (C=O) groups is 1. The van der Waals surface area contributed by atoms with Gasteiger partial charge >= 0.3 is 0 Å². The largest absolute Gasteiger partial charge is 0.369 e. The van der Waals surface area contributed by atoms with Gasteiger partial charge in [0.15, 0.2) is 0 Å². The van der Waals surface area contributed by atoms with E-state index in [-0.39, 0.29) is 17.4 Å². The molecule has 1 N–H and O–H groups in total. The van der Waals surface area contributed by atoms with E-state index >= 15 is 0 Å². The monoisotopic (exact) mass is 354 g/mol. The number of carbonyl (C=O) groups excluding carboxylic acids is 1. The predicted molar refractivity (Wildman–Crippen MR) is 102 cm³/mol. The first-order chi connectivity index (χ1) is 12.7. The number of aromatic nitrogens is 2. The molecule has 0 saturated carbocycles. The Morgan fingerprint density at radius 1 is 1.31 bits per heavy atom. The molecule has 138 valence electrons. The molecule has 1 aromatic carbocycles. The Morgan fingerprint density at radius 2 is 2.12 bits per heavy atom. The number of amides is 1. The minimum absolute atomic E-state index is 0.0259. The van der Waals surface area contributed by atoms with Gasteiger partial charge in [0.2, 0.25) is 5.91 Å². The highest BCUT2D eigenvalue weighted by atomic mass is 16.2. The number of anilines is 1. The average Bonchev–Trinajstić information content (AvgIpc) is 2.68. The topological polar surface area (TPSA) is 67.2 Å². The summed E-state index contributed by atoms with van der Waals surface area (Å²) in [5.41, 5.74) is 1.72. The van der Waals surface area contributed by atoms with E-state index in [4.69, 9.17) is 0 Å². The van der Waals surface area contributed by atoms with E-state index in [1.54, 1.807) is 12.3 Å².